The quantitative estimate of drug-likeness (QED) is 0.712. The molecule has 5 nitrogen and oxygen atoms in total. The topological polar surface area (TPSA) is 64.0 Å². The normalized spacial score (nSPS) is 14.7. The summed E-state index contributed by atoms with van der Waals surface area (Å²) in [5.74, 6) is -0.309. The van der Waals surface area contributed by atoms with Gasteiger partial charge >= 0.3 is 0 Å². The number of pyridine rings is 2. The highest BCUT2D eigenvalue weighted by Gasteiger charge is 2.21. The summed E-state index contributed by atoms with van der Waals surface area (Å²) >= 11 is 3.47. The molecule has 1 fully saturated rings. The average Bonchev–Trinajstić information content (AvgIpc) is 3.15. The molecular formula is C20H18BrN3O2. The average molecular weight is 412 g/mol. The third-order valence-corrected chi connectivity index (χ3v) is 5.28. The molecule has 4 rings (SSSR count). The van der Waals surface area contributed by atoms with Crippen molar-refractivity contribution in [2.24, 2.45) is 0 Å². The van der Waals surface area contributed by atoms with Crippen molar-refractivity contribution in [2.75, 3.05) is 0 Å². The predicted molar refractivity (Wildman–Crippen MR) is 105 cm³/mol. The summed E-state index contributed by atoms with van der Waals surface area (Å²) in [5.41, 5.74) is 1.23. The van der Waals surface area contributed by atoms with Gasteiger partial charge in [0.25, 0.3) is 5.91 Å². The molecule has 1 aromatic carbocycles. The molecule has 26 heavy (non-hydrogen) atoms. The second-order valence-electron chi connectivity index (χ2n) is 6.55. The minimum Gasteiger partial charge on any atom is -0.349 e. The minimum atomic E-state index is -0.309. The van der Waals surface area contributed by atoms with Crippen LogP contribution in [0.15, 0.2) is 58.1 Å². The van der Waals surface area contributed by atoms with Gasteiger partial charge in [0, 0.05) is 28.6 Å². The summed E-state index contributed by atoms with van der Waals surface area (Å²) in [6.45, 7) is 0. The molecule has 0 saturated heterocycles. The van der Waals surface area contributed by atoms with Gasteiger partial charge in [-0.1, -0.05) is 34.8 Å². The van der Waals surface area contributed by atoms with Gasteiger partial charge in [-0.15, -0.1) is 0 Å². The lowest BCUT2D eigenvalue weighted by atomic mass is 10.1. The number of nitrogens with zero attached hydrogens (tertiary/aromatic N) is 2. The number of benzene rings is 1. The van der Waals surface area contributed by atoms with Crippen molar-refractivity contribution in [1.82, 2.24) is 14.9 Å². The van der Waals surface area contributed by atoms with Crippen LogP contribution in [-0.4, -0.2) is 21.5 Å². The Hall–Kier alpha value is -2.47. The van der Waals surface area contributed by atoms with Crippen LogP contribution in [0.5, 0.6) is 0 Å². The summed E-state index contributed by atoms with van der Waals surface area (Å²) in [4.78, 5) is 30.0. The standard InChI is InChI=1S/C20H18BrN3O2/c21-13-5-3-8-15(11-13)24-12-17(20(26)23-14-6-1-2-7-14)18(25)16-9-4-10-22-19(16)24/h3-5,8-12,14H,1-2,6-7H2,(H,23,26). The number of rotatable bonds is 3. The summed E-state index contributed by atoms with van der Waals surface area (Å²) in [6, 6.07) is 11.3. The minimum absolute atomic E-state index is 0.150. The van der Waals surface area contributed by atoms with Crippen LogP contribution in [0.2, 0.25) is 0 Å². The summed E-state index contributed by atoms with van der Waals surface area (Å²) in [5, 5.41) is 3.45. The summed E-state index contributed by atoms with van der Waals surface area (Å²) in [7, 11) is 0. The number of hydrogen-bond donors (Lipinski definition) is 1. The van der Waals surface area contributed by atoms with Gasteiger partial charge in [-0.3, -0.25) is 9.59 Å². The third kappa shape index (κ3) is 3.17. The van der Waals surface area contributed by atoms with E-state index in [9.17, 15) is 9.59 Å². The lowest BCUT2D eigenvalue weighted by Gasteiger charge is -2.15. The number of hydrogen-bond acceptors (Lipinski definition) is 3. The van der Waals surface area contributed by atoms with E-state index in [0.717, 1.165) is 35.8 Å². The molecule has 0 unspecified atom stereocenters. The molecule has 1 N–H and O–H groups in total. The fourth-order valence-corrected chi connectivity index (χ4v) is 3.87. The number of carbonyl (C=O) groups is 1. The molecular weight excluding hydrogens is 394 g/mol. The van der Waals surface area contributed by atoms with Crippen molar-refractivity contribution in [2.45, 2.75) is 31.7 Å². The van der Waals surface area contributed by atoms with Crippen molar-refractivity contribution in [1.29, 1.82) is 0 Å². The number of nitrogens with one attached hydrogen (secondary N) is 1. The fraction of sp³-hybridized carbons (Fsp3) is 0.250. The second kappa shape index (κ2) is 7.03. The molecule has 0 aliphatic heterocycles. The second-order valence-corrected chi connectivity index (χ2v) is 7.47. The SMILES string of the molecule is O=C(NC1CCCC1)c1cn(-c2cccc(Br)c2)c2ncccc2c1=O. The van der Waals surface area contributed by atoms with Crippen LogP contribution in [0, 0.1) is 0 Å². The maximum Gasteiger partial charge on any atom is 0.257 e. The van der Waals surface area contributed by atoms with E-state index in [1.54, 1.807) is 29.1 Å². The van der Waals surface area contributed by atoms with Crippen molar-refractivity contribution < 1.29 is 4.79 Å². The summed E-state index contributed by atoms with van der Waals surface area (Å²) in [6.07, 6.45) is 7.43. The largest absolute Gasteiger partial charge is 0.349 e. The molecule has 1 aliphatic carbocycles. The number of carbonyl (C=O) groups excluding carboxylic acids is 1. The van der Waals surface area contributed by atoms with E-state index in [1.165, 1.54) is 0 Å². The smallest absolute Gasteiger partial charge is 0.257 e. The van der Waals surface area contributed by atoms with Crippen LogP contribution < -0.4 is 10.7 Å². The van der Waals surface area contributed by atoms with Gasteiger partial charge in [-0.05, 0) is 43.2 Å². The first-order valence-electron chi connectivity index (χ1n) is 8.71. The molecule has 2 heterocycles. The molecule has 0 bridgehead atoms. The van der Waals surface area contributed by atoms with Gasteiger partial charge in [0.05, 0.1) is 5.39 Å². The Kier molecular flexibility index (Phi) is 4.59. The number of aromatic nitrogens is 2. The van der Waals surface area contributed by atoms with Crippen LogP contribution in [0.1, 0.15) is 36.0 Å². The zero-order valence-electron chi connectivity index (χ0n) is 14.1. The maximum atomic E-state index is 12.9. The molecule has 0 atom stereocenters. The zero-order valence-corrected chi connectivity index (χ0v) is 15.7. The Morgan fingerprint density at radius 1 is 1.19 bits per heavy atom. The van der Waals surface area contributed by atoms with E-state index in [-0.39, 0.29) is 22.9 Å². The first-order valence-corrected chi connectivity index (χ1v) is 9.50. The van der Waals surface area contributed by atoms with E-state index in [1.807, 2.05) is 24.3 Å². The van der Waals surface area contributed by atoms with Crippen LogP contribution in [0.4, 0.5) is 0 Å². The van der Waals surface area contributed by atoms with Gasteiger partial charge in [0.1, 0.15) is 11.2 Å². The Bertz CT molecular complexity index is 1040. The zero-order chi connectivity index (χ0) is 18.1. The first kappa shape index (κ1) is 17.0. The number of halogens is 1. The van der Waals surface area contributed by atoms with E-state index >= 15 is 0 Å². The summed E-state index contributed by atoms with van der Waals surface area (Å²) < 4.78 is 2.71. The molecule has 6 heteroatoms. The van der Waals surface area contributed by atoms with Crippen molar-refractivity contribution in [3.63, 3.8) is 0 Å². The van der Waals surface area contributed by atoms with Gasteiger partial charge in [-0.2, -0.15) is 0 Å². The van der Waals surface area contributed by atoms with E-state index in [2.05, 4.69) is 26.2 Å². The monoisotopic (exact) mass is 411 g/mol. The van der Waals surface area contributed by atoms with Crippen LogP contribution in [0.3, 0.4) is 0 Å². The van der Waals surface area contributed by atoms with Crippen LogP contribution in [-0.2, 0) is 0 Å². The van der Waals surface area contributed by atoms with Gasteiger partial charge in [0.15, 0.2) is 0 Å². The first-order chi connectivity index (χ1) is 12.6. The van der Waals surface area contributed by atoms with Crippen molar-refractivity contribution in [3.8, 4) is 5.69 Å². The van der Waals surface area contributed by atoms with Crippen molar-refractivity contribution >= 4 is 32.9 Å². The highest BCUT2D eigenvalue weighted by molar-refractivity contribution is 9.10. The van der Waals surface area contributed by atoms with Gasteiger partial charge in [-0.25, -0.2) is 4.98 Å². The Morgan fingerprint density at radius 2 is 2.00 bits per heavy atom. The van der Waals surface area contributed by atoms with Crippen LogP contribution >= 0.6 is 15.9 Å². The molecule has 1 amide bonds. The van der Waals surface area contributed by atoms with Crippen molar-refractivity contribution in [3.05, 3.63) is 69.1 Å². The highest BCUT2D eigenvalue weighted by Crippen LogP contribution is 2.21. The highest BCUT2D eigenvalue weighted by atomic mass is 79.9. The van der Waals surface area contributed by atoms with E-state index < -0.39 is 0 Å². The Morgan fingerprint density at radius 3 is 2.77 bits per heavy atom. The molecule has 3 aromatic rings. The maximum absolute atomic E-state index is 12.9. The van der Waals surface area contributed by atoms with E-state index in [0.29, 0.717) is 11.0 Å². The number of amides is 1. The lowest BCUT2D eigenvalue weighted by molar-refractivity contribution is 0.0936. The molecule has 2 aromatic heterocycles. The Labute approximate surface area is 159 Å². The van der Waals surface area contributed by atoms with Crippen LogP contribution in [0.25, 0.3) is 16.7 Å². The molecule has 0 spiro atoms. The Balaban J connectivity index is 1.87. The van der Waals surface area contributed by atoms with Gasteiger partial charge in [0.2, 0.25) is 5.43 Å². The molecule has 1 saturated carbocycles. The number of fused-ring (bicyclic) bond motifs is 1. The van der Waals surface area contributed by atoms with E-state index in [4.69, 9.17) is 0 Å². The molecule has 1 aliphatic rings. The third-order valence-electron chi connectivity index (χ3n) is 4.78. The molecule has 0 radical (unpaired) electrons. The fourth-order valence-electron chi connectivity index (χ4n) is 3.48. The van der Waals surface area contributed by atoms with Gasteiger partial charge < -0.3 is 9.88 Å². The lowest BCUT2D eigenvalue weighted by Crippen LogP contribution is -2.36. The molecule has 132 valence electrons. The predicted octanol–water partition coefficient (Wildman–Crippen LogP) is 3.82.